The van der Waals surface area contributed by atoms with Crippen LogP contribution in [-0.4, -0.2) is 13.2 Å². The SMILES string of the molecule is NCC(CCOc1ccc(F)cc1)c1cccc2ccccc12. The average Bonchev–Trinajstić information content (AvgIpc) is 2.60. The predicted octanol–water partition coefficient (Wildman–Crippen LogP) is 4.49. The molecule has 0 saturated heterocycles. The molecule has 0 aliphatic rings. The van der Waals surface area contributed by atoms with Gasteiger partial charge in [0, 0.05) is 0 Å². The summed E-state index contributed by atoms with van der Waals surface area (Å²) in [5, 5.41) is 2.47. The smallest absolute Gasteiger partial charge is 0.123 e. The number of rotatable bonds is 6. The Morgan fingerprint density at radius 2 is 1.65 bits per heavy atom. The molecule has 0 bridgehead atoms. The minimum Gasteiger partial charge on any atom is -0.494 e. The van der Waals surface area contributed by atoms with Gasteiger partial charge in [-0.3, -0.25) is 0 Å². The Labute approximate surface area is 135 Å². The molecule has 3 aromatic carbocycles. The lowest BCUT2D eigenvalue weighted by Crippen LogP contribution is -2.16. The fraction of sp³-hybridized carbons (Fsp3) is 0.200. The van der Waals surface area contributed by atoms with E-state index in [1.807, 2.05) is 6.07 Å². The third-order valence-corrected chi connectivity index (χ3v) is 4.10. The van der Waals surface area contributed by atoms with Crippen molar-refractivity contribution in [3.63, 3.8) is 0 Å². The van der Waals surface area contributed by atoms with Gasteiger partial charge in [0.05, 0.1) is 6.61 Å². The minimum atomic E-state index is -0.257. The topological polar surface area (TPSA) is 35.2 Å². The van der Waals surface area contributed by atoms with Gasteiger partial charge in [0.15, 0.2) is 0 Å². The van der Waals surface area contributed by atoms with E-state index < -0.39 is 0 Å². The average molecular weight is 309 g/mol. The van der Waals surface area contributed by atoms with E-state index in [1.54, 1.807) is 12.1 Å². The zero-order valence-corrected chi connectivity index (χ0v) is 12.9. The zero-order valence-electron chi connectivity index (χ0n) is 12.9. The molecule has 23 heavy (non-hydrogen) atoms. The number of halogens is 1. The Balaban J connectivity index is 1.70. The van der Waals surface area contributed by atoms with E-state index in [1.165, 1.54) is 28.5 Å². The summed E-state index contributed by atoms with van der Waals surface area (Å²) in [7, 11) is 0. The van der Waals surface area contributed by atoms with Crippen molar-refractivity contribution in [2.45, 2.75) is 12.3 Å². The highest BCUT2D eigenvalue weighted by Crippen LogP contribution is 2.27. The summed E-state index contributed by atoms with van der Waals surface area (Å²) >= 11 is 0. The maximum absolute atomic E-state index is 12.9. The van der Waals surface area contributed by atoms with Crippen LogP contribution in [0.25, 0.3) is 10.8 Å². The van der Waals surface area contributed by atoms with Crippen molar-refractivity contribution in [1.82, 2.24) is 0 Å². The fourth-order valence-corrected chi connectivity index (χ4v) is 2.86. The highest BCUT2D eigenvalue weighted by atomic mass is 19.1. The van der Waals surface area contributed by atoms with Gasteiger partial charge in [0.1, 0.15) is 11.6 Å². The molecule has 3 heteroatoms. The minimum absolute atomic E-state index is 0.238. The molecule has 3 rings (SSSR count). The molecule has 0 amide bonds. The molecule has 0 saturated carbocycles. The fourth-order valence-electron chi connectivity index (χ4n) is 2.86. The van der Waals surface area contributed by atoms with Crippen molar-refractivity contribution in [2.75, 3.05) is 13.2 Å². The van der Waals surface area contributed by atoms with Crippen molar-refractivity contribution in [2.24, 2.45) is 5.73 Å². The Hall–Kier alpha value is -2.39. The molecule has 0 fully saturated rings. The van der Waals surface area contributed by atoms with Crippen molar-refractivity contribution in [3.05, 3.63) is 78.1 Å². The van der Waals surface area contributed by atoms with Gasteiger partial charge in [-0.05, 0) is 59.5 Å². The summed E-state index contributed by atoms with van der Waals surface area (Å²) in [6, 6.07) is 20.8. The lowest BCUT2D eigenvalue weighted by Gasteiger charge is -2.18. The lowest BCUT2D eigenvalue weighted by atomic mass is 9.91. The number of hydrogen-bond acceptors (Lipinski definition) is 2. The summed E-state index contributed by atoms with van der Waals surface area (Å²) in [4.78, 5) is 0. The first-order valence-electron chi connectivity index (χ1n) is 7.84. The maximum atomic E-state index is 12.9. The van der Waals surface area contributed by atoms with Crippen LogP contribution in [0.4, 0.5) is 4.39 Å². The van der Waals surface area contributed by atoms with Crippen LogP contribution in [0.2, 0.25) is 0 Å². The molecule has 2 N–H and O–H groups in total. The molecule has 2 nitrogen and oxygen atoms in total. The lowest BCUT2D eigenvalue weighted by molar-refractivity contribution is 0.298. The number of nitrogens with two attached hydrogens (primary N) is 1. The Morgan fingerprint density at radius 1 is 0.913 bits per heavy atom. The number of ether oxygens (including phenoxy) is 1. The largest absolute Gasteiger partial charge is 0.494 e. The highest BCUT2D eigenvalue weighted by molar-refractivity contribution is 5.86. The third kappa shape index (κ3) is 3.69. The van der Waals surface area contributed by atoms with Gasteiger partial charge >= 0.3 is 0 Å². The molecular formula is C20H20FNO. The Kier molecular flexibility index (Phi) is 4.89. The second-order valence-corrected chi connectivity index (χ2v) is 5.59. The Bertz CT molecular complexity index is 765. The van der Waals surface area contributed by atoms with Crippen LogP contribution in [0, 0.1) is 5.82 Å². The second-order valence-electron chi connectivity index (χ2n) is 5.59. The van der Waals surface area contributed by atoms with E-state index in [2.05, 4.69) is 36.4 Å². The van der Waals surface area contributed by atoms with E-state index >= 15 is 0 Å². The molecule has 0 spiro atoms. The van der Waals surface area contributed by atoms with Gasteiger partial charge in [-0.25, -0.2) is 4.39 Å². The quantitative estimate of drug-likeness (QED) is 0.728. The zero-order chi connectivity index (χ0) is 16.1. The normalized spacial score (nSPS) is 12.3. The molecule has 1 unspecified atom stereocenters. The summed E-state index contributed by atoms with van der Waals surface area (Å²) in [6.45, 7) is 1.12. The van der Waals surface area contributed by atoms with E-state index in [0.29, 0.717) is 18.9 Å². The van der Waals surface area contributed by atoms with Gasteiger partial charge in [0.2, 0.25) is 0 Å². The van der Waals surface area contributed by atoms with Crippen LogP contribution in [0.5, 0.6) is 5.75 Å². The van der Waals surface area contributed by atoms with Gasteiger partial charge < -0.3 is 10.5 Å². The number of fused-ring (bicyclic) bond motifs is 1. The first-order chi connectivity index (χ1) is 11.3. The summed E-state index contributed by atoms with van der Waals surface area (Å²) in [5.41, 5.74) is 7.25. The molecule has 0 heterocycles. The van der Waals surface area contributed by atoms with Crippen molar-refractivity contribution in [1.29, 1.82) is 0 Å². The predicted molar refractivity (Wildman–Crippen MR) is 92.3 cm³/mol. The van der Waals surface area contributed by atoms with Gasteiger partial charge in [-0.1, -0.05) is 42.5 Å². The van der Waals surface area contributed by atoms with Crippen molar-refractivity contribution in [3.8, 4) is 5.75 Å². The molecule has 3 aromatic rings. The first kappa shape index (κ1) is 15.5. The van der Waals surface area contributed by atoms with Crippen LogP contribution >= 0.6 is 0 Å². The molecule has 118 valence electrons. The summed E-state index contributed by atoms with van der Waals surface area (Å²) in [5.74, 6) is 0.662. The van der Waals surface area contributed by atoms with E-state index in [-0.39, 0.29) is 11.7 Å². The summed E-state index contributed by atoms with van der Waals surface area (Å²) < 4.78 is 18.6. The van der Waals surface area contributed by atoms with Crippen LogP contribution in [0.15, 0.2) is 66.7 Å². The summed E-state index contributed by atoms with van der Waals surface area (Å²) in [6.07, 6.45) is 0.821. The van der Waals surface area contributed by atoms with E-state index in [9.17, 15) is 4.39 Å². The van der Waals surface area contributed by atoms with Crippen LogP contribution in [-0.2, 0) is 0 Å². The van der Waals surface area contributed by atoms with Crippen molar-refractivity contribution >= 4 is 10.8 Å². The van der Waals surface area contributed by atoms with Crippen LogP contribution < -0.4 is 10.5 Å². The highest BCUT2D eigenvalue weighted by Gasteiger charge is 2.13. The number of benzene rings is 3. The molecule has 1 atom stereocenters. The maximum Gasteiger partial charge on any atom is 0.123 e. The molecule has 0 aliphatic carbocycles. The van der Waals surface area contributed by atoms with Crippen LogP contribution in [0.1, 0.15) is 17.9 Å². The second kappa shape index (κ2) is 7.25. The van der Waals surface area contributed by atoms with E-state index in [0.717, 1.165) is 6.42 Å². The van der Waals surface area contributed by atoms with Gasteiger partial charge in [-0.15, -0.1) is 0 Å². The third-order valence-electron chi connectivity index (χ3n) is 4.10. The number of hydrogen-bond donors (Lipinski definition) is 1. The van der Waals surface area contributed by atoms with Crippen LogP contribution in [0.3, 0.4) is 0 Å². The van der Waals surface area contributed by atoms with Gasteiger partial charge in [0.25, 0.3) is 0 Å². The van der Waals surface area contributed by atoms with E-state index in [4.69, 9.17) is 10.5 Å². The molecule has 0 aromatic heterocycles. The van der Waals surface area contributed by atoms with Crippen molar-refractivity contribution < 1.29 is 9.13 Å². The molecule has 0 radical (unpaired) electrons. The molecule has 0 aliphatic heterocycles. The molecular weight excluding hydrogens is 289 g/mol. The standard InChI is InChI=1S/C20H20FNO/c21-17-8-10-18(11-9-17)23-13-12-16(14-22)20-7-3-5-15-4-1-2-6-19(15)20/h1-11,16H,12-14,22H2. The van der Waals surface area contributed by atoms with Gasteiger partial charge in [-0.2, -0.15) is 0 Å². The monoisotopic (exact) mass is 309 g/mol. The Morgan fingerprint density at radius 3 is 2.43 bits per heavy atom. The first-order valence-corrected chi connectivity index (χ1v) is 7.84.